The minimum absolute atomic E-state index is 0.0756. The predicted octanol–water partition coefficient (Wildman–Crippen LogP) is 2.00. The zero-order chi connectivity index (χ0) is 12.1. The van der Waals surface area contributed by atoms with Crippen LogP contribution in [0.15, 0.2) is 16.5 Å². The molecule has 1 rings (SSSR count). The molecule has 1 amide bonds. The summed E-state index contributed by atoms with van der Waals surface area (Å²) in [5, 5.41) is 0. The minimum Gasteiger partial charge on any atom is -0.455 e. The number of hydrogen-bond donors (Lipinski definition) is 1. The van der Waals surface area contributed by atoms with Gasteiger partial charge in [0.1, 0.15) is 5.76 Å². The van der Waals surface area contributed by atoms with Crippen molar-refractivity contribution in [2.75, 3.05) is 7.05 Å². The van der Waals surface area contributed by atoms with Crippen molar-refractivity contribution in [3.05, 3.63) is 23.7 Å². The molecule has 1 heterocycles. The molecule has 0 spiro atoms. The van der Waals surface area contributed by atoms with E-state index in [9.17, 15) is 4.79 Å². The Morgan fingerprint density at radius 1 is 1.44 bits per heavy atom. The summed E-state index contributed by atoms with van der Waals surface area (Å²) < 4.78 is 5.34. The van der Waals surface area contributed by atoms with Gasteiger partial charge in [0.05, 0.1) is 6.54 Å². The van der Waals surface area contributed by atoms with Gasteiger partial charge >= 0.3 is 0 Å². The summed E-state index contributed by atoms with van der Waals surface area (Å²) in [5.74, 6) is 0.935. The Bertz CT molecular complexity index is 343. The van der Waals surface area contributed by atoms with E-state index < -0.39 is 0 Å². The van der Waals surface area contributed by atoms with Gasteiger partial charge in [-0.05, 0) is 25.0 Å². The van der Waals surface area contributed by atoms with Gasteiger partial charge in [-0.3, -0.25) is 4.79 Å². The third-order valence-electron chi connectivity index (χ3n) is 2.88. The van der Waals surface area contributed by atoms with Crippen molar-refractivity contribution in [2.24, 2.45) is 5.73 Å². The maximum atomic E-state index is 12.0. The fourth-order valence-electron chi connectivity index (χ4n) is 1.78. The fourth-order valence-corrected chi connectivity index (χ4v) is 1.78. The predicted molar refractivity (Wildman–Crippen MR) is 63.1 cm³/mol. The van der Waals surface area contributed by atoms with E-state index in [1.807, 2.05) is 7.05 Å². The lowest BCUT2D eigenvalue weighted by Crippen LogP contribution is -2.36. The number of carbonyl (C=O) groups is 1. The first-order valence-electron chi connectivity index (χ1n) is 5.69. The van der Waals surface area contributed by atoms with Crippen LogP contribution in [0.4, 0.5) is 0 Å². The van der Waals surface area contributed by atoms with Crippen molar-refractivity contribution >= 4 is 5.91 Å². The molecule has 0 aromatic carbocycles. The van der Waals surface area contributed by atoms with Gasteiger partial charge in [0.2, 0.25) is 0 Å². The summed E-state index contributed by atoms with van der Waals surface area (Å²) in [6.45, 7) is 4.47. The molecule has 1 aromatic heterocycles. The number of carbonyl (C=O) groups excluding carboxylic acids is 1. The van der Waals surface area contributed by atoms with Crippen LogP contribution in [0.25, 0.3) is 0 Å². The highest BCUT2D eigenvalue weighted by molar-refractivity contribution is 5.91. The van der Waals surface area contributed by atoms with Gasteiger partial charge in [-0.15, -0.1) is 0 Å². The van der Waals surface area contributed by atoms with Crippen molar-refractivity contribution in [3.63, 3.8) is 0 Å². The van der Waals surface area contributed by atoms with Crippen molar-refractivity contribution in [1.82, 2.24) is 4.90 Å². The molecule has 0 bridgehead atoms. The van der Waals surface area contributed by atoms with Gasteiger partial charge in [0, 0.05) is 13.1 Å². The Morgan fingerprint density at radius 2 is 2.06 bits per heavy atom. The highest BCUT2D eigenvalue weighted by Gasteiger charge is 2.20. The molecule has 0 unspecified atom stereocenters. The minimum atomic E-state index is -0.0756. The monoisotopic (exact) mass is 224 g/mol. The Kier molecular flexibility index (Phi) is 4.55. The number of nitrogens with two attached hydrogens (primary N) is 1. The lowest BCUT2D eigenvalue weighted by molar-refractivity contribution is 0.0689. The summed E-state index contributed by atoms with van der Waals surface area (Å²) in [7, 11) is 1.81. The van der Waals surface area contributed by atoms with E-state index in [2.05, 4.69) is 13.8 Å². The molecule has 0 aliphatic rings. The van der Waals surface area contributed by atoms with Crippen LogP contribution >= 0.6 is 0 Å². The number of furan rings is 1. The second-order valence-electron chi connectivity index (χ2n) is 3.86. The van der Waals surface area contributed by atoms with Gasteiger partial charge in [0.25, 0.3) is 5.91 Å². The van der Waals surface area contributed by atoms with E-state index in [-0.39, 0.29) is 11.9 Å². The smallest absolute Gasteiger partial charge is 0.289 e. The van der Waals surface area contributed by atoms with Crippen LogP contribution in [0.3, 0.4) is 0 Å². The average Bonchev–Trinajstić information content (AvgIpc) is 2.78. The molecular weight excluding hydrogens is 204 g/mol. The molecule has 4 heteroatoms. The first-order chi connectivity index (χ1) is 7.63. The van der Waals surface area contributed by atoms with E-state index >= 15 is 0 Å². The Morgan fingerprint density at radius 3 is 2.50 bits per heavy atom. The Labute approximate surface area is 96.4 Å². The summed E-state index contributed by atoms with van der Waals surface area (Å²) in [6.07, 6.45) is 1.90. The van der Waals surface area contributed by atoms with Crippen LogP contribution < -0.4 is 5.73 Å². The fraction of sp³-hybridized carbons (Fsp3) is 0.583. The second-order valence-corrected chi connectivity index (χ2v) is 3.86. The maximum absolute atomic E-state index is 12.0. The van der Waals surface area contributed by atoms with Crippen molar-refractivity contribution in [3.8, 4) is 0 Å². The summed E-state index contributed by atoms with van der Waals surface area (Å²) in [5.41, 5.74) is 5.43. The van der Waals surface area contributed by atoms with E-state index in [1.54, 1.807) is 17.0 Å². The first kappa shape index (κ1) is 12.8. The largest absolute Gasteiger partial charge is 0.455 e. The topological polar surface area (TPSA) is 59.5 Å². The quantitative estimate of drug-likeness (QED) is 0.832. The molecule has 16 heavy (non-hydrogen) atoms. The highest BCUT2D eigenvalue weighted by Crippen LogP contribution is 2.14. The molecule has 90 valence electrons. The van der Waals surface area contributed by atoms with Crippen LogP contribution in [-0.2, 0) is 6.54 Å². The van der Waals surface area contributed by atoms with Crippen LogP contribution in [0.2, 0.25) is 0 Å². The molecule has 0 atom stereocenters. The lowest BCUT2D eigenvalue weighted by atomic mass is 10.1. The van der Waals surface area contributed by atoms with Gasteiger partial charge in [-0.1, -0.05) is 13.8 Å². The normalized spacial score (nSPS) is 10.8. The molecule has 2 N–H and O–H groups in total. The number of rotatable bonds is 5. The summed E-state index contributed by atoms with van der Waals surface area (Å²) in [6, 6.07) is 3.69. The second kappa shape index (κ2) is 5.70. The zero-order valence-electron chi connectivity index (χ0n) is 10.2. The van der Waals surface area contributed by atoms with Gasteiger partial charge in [0.15, 0.2) is 5.76 Å². The molecule has 1 aromatic rings. The van der Waals surface area contributed by atoms with Gasteiger partial charge in [-0.2, -0.15) is 0 Å². The van der Waals surface area contributed by atoms with Crippen LogP contribution in [-0.4, -0.2) is 23.9 Å². The first-order valence-corrected chi connectivity index (χ1v) is 5.69. The molecule has 0 aliphatic heterocycles. The molecule has 0 fully saturated rings. The maximum Gasteiger partial charge on any atom is 0.289 e. The van der Waals surface area contributed by atoms with E-state index in [0.717, 1.165) is 12.8 Å². The van der Waals surface area contributed by atoms with Gasteiger partial charge < -0.3 is 15.1 Å². The molecule has 0 radical (unpaired) electrons. The molecule has 0 saturated carbocycles. The van der Waals surface area contributed by atoms with Crippen molar-refractivity contribution in [1.29, 1.82) is 0 Å². The van der Waals surface area contributed by atoms with Crippen molar-refractivity contribution < 1.29 is 9.21 Å². The average molecular weight is 224 g/mol. The Hall–Kier alpha value is -1.29. The molecule has 0 aliphatic carbocycles. The molecular formula is C12H20N2O2. The van der Waals surface area contributed by atoms with Crippen LogP contribution in [0.1, 0.15) is 43.0 Å². The third kappa shape index (κ3) is 2.64. The van der Waals surface area contributed by atoms with Crippen molar-refractivity contribution in [2.45, 2.75) is 39.3 Å². The SMILES string of the molecule is CCC(CC)N(C)C(=O)c1ccc(CN)o1. The number of amides is 1. The molecule has 0 saturated heterocycles. The highest BCUT2D eigenvalue weighted by atomic mass is 16.4. The van der Waals surface area contributed by atoms with Crippen LogP contribution in [0, 0.1) is 0 Å². The zero-order valence-corrected chi connectivity index (χ0v) is 10.2. The molecule has 4 nitrogen and oxygen atoms in total. The summed E-state index contributed by atoms with van der Waals surface area (Å²) in [4.78, 5) is 13.8. The van der Waals surface area contributed by atoms with Crippen LogP contribution in [0.5, 0.6) is 0 Å². The summed E-state index contributed by atoms with van der Waals surface area (Å²) >= 11 is 0. The Balaban J connectivity index is 2.76. The lowest BCUT2D eigenvalue weighted by Gasteiger charge is -2.25. The standard InChI is InChI=1S/C12H20N2O2/c1-4-9(5-2)14(3)12(15)11-7-6-10(8-13)16-11/h6-7,9H,4-5,8,13H2,1-3H3. The van der Waals surface area contributed by atoms with E-state index in [1.165, 1.54) is 0 Å². The van der Waals surface area contributed by atoms with Gasteiger partial charge in [-0.25, -0.2) is 0 Å². The van der Waals surface area contributed by atoms with E-state index in [0.29, 0.717) is 18.1 Å². The number of nitrogens with zero attached hydrogens (tertiary/aromatic N) is 1. The number of hydrogen-bond acceptors (Lipinski definition) is 3. The third-order valence-corrected chi connectivity index (χ3v) is 2.88. The van der Waals surface area contributed by atoms with E-state index in [4.69, 9.17) is 10.2 Å².